The van der Waals surface area contributed by atoms with E-state index >= 15 is 0 Å². The summed E-state index contributed by atoms with van der Waals surface area (Å²) in [6.45, 7) is 8.63. The Morgan fingerprint density at radius 1 is 0.889 bits per heavy atom. The zero-order valence-electron chi connectivity index (χ0n) is 16.2. The number of fused-ring (bicyclic) bond motifs is 1. The average molecular weight is 356 g/mol. The maximum absolute atomic E-state index is 6.48. The Kier molecular flexibility index (Phi) is 3.99. The molecule has 0 unspecified atom stereocenters. The zero-order chi connectivity index (χ0) is 19.2. The standard InChI is InChI=1S/C23H24N4/c1-15-21(17-8-6-5-7-9-17)22(24)27-20(25-15)14-19(26-27)16-10-12-18(13-11-16)23(2,3)4/h5-14H,24H2,1-4H3. The number of aryl methyl sites for hydroxylation is 1. The molecular weight excluding hydrogens is 332 g/mol. The van der Waals surface area contributed by atoms with Crippen molar-refractivity contribution in [3.05, 3.63) is 71.9 Å². The van der Waals surface area contributed by atoms with Crippen LogP contribution in [0, 0.1) is 6.92 Å². The molecule has 27 heavy (non-hydrogen) atoms. The van der Waals surface area contributed by atoms with Gasteiger partial charge in [0.25, 0.3) is 0 Å². The molecule has 2 aromatic carbocycles. The van der Waals surface area contributed by atoms with Crippen molar-refractivity contribution in [1.82, 2.24) is 14.6 Å². The molecule has 2 heterocycles. The van der Waals surface area contributed by atoms with Gasteiger partial charge in [0.1, 0.15) is 5.82 Å². The van der Waals surface area contributed by atoms with Crippen LogP contribution in [0.15, 0.2) is 60.7 Å². The molecule has 4 heteroatoms. The van der Waals surface area contributed by atoms with Gasteiger partial charge < -0.3 is 5.73 Å². The lowest BCUT2D eigenvalue weighted by Crippen LogP contribution is -2.10. The summed E-state index contributed by atoms with van der Waals surface area (Å²) in [5.74, 6) is 0.612. The van der Waals surface area contributed by atoms with E-state index in [2.05, 4.69) is 45.0 Å². The van der Waals surface area contributed by atoms with Crippen molar-refractivity contribution < 1.29 is 0 Å². The van der Waals surface area contributed by atoms with Crippen molar-refractivity contribution >= 4 is 11.5 Å². The number of aromatic nitrogens is 3. The van der Waals surface area contributed by atoms with Crippen LogP contribution in [0.5, 0.6) is 0 Å². The first-order valence-electron chi connectivity index (χ1n) is 9.17. The lowest BCUT2D eigenvalue weighted by atomic mass is 9.86. The predicted molar refractivity (Wildman–Crippen MR) is 112 cm³/mol. The van der Waals surface area contributed by atoms with Gasteiger partial charge in [-0.05, 0) is 23.5 Å². The molecule has 0 spiro atoms. The Hall–Kier alpha value is -3.14. The van der Waals surface area contributed by atoms with Gasteiger partial charge in [-0.3, -0.25) is 0 Å². The van der Waals surface area contributed by atoms with Crippen LogP contribution < -0.4 is 5.73 Å². The number of anilines is 1. The first-order chi connectivity index (χ1) is 12.8. The first-order valence-corrected chi connectivity index (χ1v) is 9.17. The zero-order valence-corrected chi connectivity index (χ0v) is 16.2. The molecule has 2 N–H and O–H groups in total. The van der Waals surface area contributed by atoms with Gasteiger partial charge in [0.15, 0.2) is 5.65 Å². The van der Waals surface area contributed by atoms with Crippen LogP contribution in [0.2, 0.25) is 0 Å². The highest BCUT2D eigenvalue weighted by molar-refractivity contribution is 5.79. The highest BCUT2D eigenvalue weighted by Crippen LogP contribution is 2.31. The Balaban J connectivity index is 1.82. The summed E-state index contributed by atoms with van der Waals surface area (Å²) in [6.07, 6.45) is 0. The minimum atomic E-state index is 0.130. The maximum Gasteiger partial charge on any atom is 0.158 e. The van der Waals surface area contributed by atoms with Crippen LogP contribution in [-0.4, -0.2) is 14.6 Å². The highest BCUT2D eigenvalue weighted by atomic mass is 15.3. The second-order valence-corrected chi connectivity index (χ2v) is 7.95. The monoisotopic (exact) mass is 356 g/mol. The van der Waals surface area contributed by atoms with E-state index in [9.17, 15) is 0 Å². The Bertz CT molecular complexity index is 1100. The smallest absolute Gasteiger partial charge is 0.158 e. The molecule has 0 saturated heterocycles. The van der Waals surface area contributed by atoms with Gasteiger partial charge >= 0.3 is 0 Å². The van der Waals surface area contributed by atoms with E-state index in [4.69, 9.17) is 15.8 Å². The number of nitrogens with two attached hydrogens (primary N) is 1. The molecule has 2 aromatic heterocycles. The Morgan fingerprint density at radius 2 is 1.56 bits per heavy atom. The third-order valence-electron chi connectivity index (χ3n) is 4.93. The van der Waals surface area contributed by atoms with Crippen molar-refractivity contribution in [2.24, 2.45) is 0 Å². The molecular formula is C23H24N4. The van der Waals surface area contributed by atoms with Crippen LogP contribution in [0.1, 0.15) is 32.0 Å². The molecule has 0 aliphatic heterocycles. The average Bonchev–Trinajstić information content (AvgIpc) is 3.06. The minimum absolute atomic E-state index is 0.130. The summed E-state index contributed by atoms with van der Waals surface area (Å²) < 4.78 is 1.74. The van der Waals surface area contributed by atoms with Gasteiger partial charge in [-0.1, -0.05) is 75.4 Å². The minimum Gasteiger partial charge on any atom is -0.383 e. The normalized spacial score (nSPS) is 11.9. The first kappa shape index (κ1) is 17.3. The van der Waals surface area contributed by atoms with Gasteiger partial charge in [-0.2, -0.15) is 9.61 Å². The van der Waals surface area contributed by atoms with Crippen molar-refractivity contribution in [2.75, 3.05) is 5.73 Å². The van der Waals surface area contributed by atoms with Crippen LogP contribution in [0.3, 0.4) is 0 Å². The van der Waals surface area contributed by atoms with Crippen LogP contribution >= 0.6 is 0 Å². The summed E-state index contributed by atoms with van der Waals surface area (Å²) in [6, 6.07) is 20.6. The highest BCUT2D eigenvalue weighted by Gasteiger charge is 2.16. The fourth-order valence-corrected chi connectivity index (χ4v) is 3.39. The van der Waals surface area contributed by atoms with Crippen LogP contribution in [-0.2, 0) is 5.41 Å². The van der Waals surface area contributed by atoms with Crippen molar-refractivity contribution in [3.63, 3.8) is 0 Å². The van der Waals surface area contributed by atoms with Crippen LogP contribution in [0.25, 0.3) is 28.0 Å². The van der Waals surface area contributed by atoms with E-state index in [0.717, 1.165) is 33.7 Å². The molecule has 4 aromatic rings. The van der Waals surface area contributed by atoms with Gasteiger partial charge in [-0.25, -0.2) is 4.98 Å². The van der Waals surface area contributed by atoms with E-state index in [-0.39, 0.29) is 5.41 Å². The largest absolute Gasteiger partial charge is 0.383 e. The lowest BCUT2D eigenvalue weighted by Gasteiger charge is -2.18. The third-order valence-corrected chi connectivity index (χ3v) is 4.93. The van der Waals surface area contributed by atoms with E-state index in [0.29, 0.717) is 5.82 Å². The molecule has 4 rings (SSSR count). The molecule has 0 aliphatic carbocycles. The SMILES string of the molecule is Cc1nc2cc(-c3ccc(C(C)(C)C)cc3)nn2c(N)c1-c1ccccc1. The second-order valence-electron chi connectivity index (χ2n) is 7.95. The van der Waals surface area contributed by atoms with Crippen molar-refractivity contribution in [1.29, 1.82) is 0 Å². The van der Waals surface area contributed by atoms with Crippen LogP contribution in [0.4, 0.5) is 5.82 Å². The number of benzene rings is 2. The van der Waals surface area contributed by atoms with Gasteiger partial charge in [0.05, 0.1) is 11.4 Å². The molecule has 0 atom stereocenters. The lowest BCUT2D eigenvalue weighted by molar-refractivity contribution is 0.590. The molecule has 136 valence electrons. The number of nitrogen functional groups attached to an aromatic ring is 1. The summed E-state index contributed by atoms with van der Waals surface area (Å²) in [5.41, 5.74) is 13.5. The number of nitrogens with zero attached hydrogens (tertiary/aromatic N) is 3. The molecule has 0 fully saturated rings. The quantitative estimate of drug-likeness (QED) is 0.533. The second kappa shape index (κ2) is 6.23. The fraction of sp³-hybridized carbons (Fsp3) is 0.217. The molecule has 0 aliphatic rings. The van der Waals surface area contributed by atoms with Gasteiger partial charge in [0.2, 0.25) is 0 Å². The maximum atomic E-state index is 6.48. The fourth-order valence-electron chi connectivity index (χ4n) is 3.39. The van der Waals surface area contributed by atoms with Crippen molar-refractivity contribution in [2.45, 2.75) is 33.1 Å². The number of rotatable bonds is 2. The predicted octanol–water partition coefficient (Wildman–Crippen LogP) is 5.25. The topological polar surface area (TPSA) is 56.2 Å². The molecule has 0 saturated carbocycles. The molecule has 0 amide bonds. The Morgan fingerprint density at radius 3 is 2.19 bits per heavy atom. The summed E-state index contributed by atoms with van der Waals surface area (Å²) in [4.78, 5) is 4.74. The summed E-state index contributed by atoms with van der Waals surface area (Å²) in [7, 11) is 0. The van der Waals surface area contributed by atoms with E-state index in [1.807, 2.05) is 43.3 Å². The number of hydrogen-bond acceptors (Lipinski definition) is 3. The van der Waals surface area contributed by atoms with E-state index in [1.165, 1.54) is 5.56 Å². The molecule has 0 bridgehead atoms. The summed E-state index contributed by atoms with van der Waals surface area (Å²) in [5, 5.41) is 4.73. The van der Waals surface area contributed by atoms with E-state index < -0.39 is 0 Å². The van der Waals surface area contributed by atoms with Gasteiger partial charge in [0, 0.05) is 17.2 Å². The third kappa shape index (κ3) is 3.08. The summed E-state index contributed by atoms with van der Waals surface area (Å²) >= 11 is 0. The van der Waals surface area contributed by atoms with Crippen molar-refractivity contribution in [3.8, 4) is 22.4 Å². The van der Waals surface area contributed by atoms with Gasteiger partial charge in [-0.15, -0.1) is 0 Å². The molecule has 4 nitrogen and oxygen atoms in total. The Labute approximate surface area is 159 Å². The molecule has 0 radical (unpaired) electrons. The van der Waals surface area contributed by atoms with E-state index in [1.54, 1.807) is 4.52 Å². The number of hydrogen-bond donors (Lipinski definition) is 1.